The molecule has 0 radical (unpaired) electrons. The summed E-state index contributed by atoms with van der Waals surface area (Å²) in [5, 5.41) is 4.08. The van der Waals surface area contributed by atoms with E-state index in [0.29, 0.717) is 17.8 Å². The maximum atomic E-state index is 12.1. The van der Waals surface area contributed by atoms with Crippen molar-refractivity contribution in [1.82, 2.24) is 20.1 Å². The Bertz CT molecular complexity index is 768. The summed E-state index contributed by atoms with van der Waals surface area (Å²) in [7, 11) is 0. The van der Waals surface area contributed by atoms with E-state index in [2.05, 4.69) is 15.6 Å². The summed E-state index contributed by atoms with van der Waals surface area (Å²) in [6, 6.07) is 11.4. The highest BCUT2D eigenvalue weighted by Crippen LogP contribution is 2.08. The normalized spacial score (nSPS) is 10.7. The third kappa shape index (κ3) is 2.90. The van der Waals surface area contributed by atoms with E-state index in [1.807, 2.05) is 43.3 Å². The van der Waals surface area contributed by atoms with Crippen LogP contribution in [0.1, 0.15) is 21.6 Å². The van der Waals surface area contributed by atoms with E-state index in [0.717, 1.165) is 11.3 Å². The van der Waals surface area contributed by atoms with Crippen LogP contribution < -0.4 is 5.48 Å². The lowest BCUT2D eigenvalue weighted by Gasteiger charge is -2.05. The van der Waals surface area contributed by atoms with Crippen molar-refractivity contribution in [2.24, 2.45) is 0 Å². The van der Waals surface area contributed by atoms with Crippen LogP contribution in [0.3, 0.4) is 0 Å². The zero-order valence-corrected chi connectivity index (χ0v) is 11.5. The number of nitrogens with zero attached hydrogens (tertiary/aromatic N) is 3. The van der Waals surface area contributed by atoms with E-state index in [-0.39, 0.29) is 5.91 Å². The lowest BCUT2D eigenvalue weighted by atomic mass is 10.2. The number of nitrogens with one attached hydrogen (secondary N) is 1. The Hall–Kier alpha value is -2.73. The van der Waals surface area contributed by atoms with Gasteiger partial charge >= 0.3 is 0 Å². The van der Waals surface area contributed by atoms with Crippen molar-refractivity contribution < 1.29 is 9.63 Å². The smallest absolute Gasteiger partial charge is 0.269 e. The van der Waals surface area contributed by atoms with Crippen LogP contribution in [0.25, 0.3) is 5.65 Å². The van der Waals surface area contributed by atoms with E-state index in [1.54, 1.807) is 10.7 Å². The second-order valence-corrected chi connectivity index (χ2v) is 4.60. The molecule has 6 nitrogen and oxygen atoms in total. The monoisotopic (exact) mass is 282 g/mol. The molecule has 21 heavy (non-hydrogen) atoms. The van der Waals surface area contributed by atoms with Crippen molar-refractivity contribution in [3.63, 3.8) is 0 Å². The van der Waals surface area contributed by atoms with Gasteiger partial charge in [-0.3, -0.25) is 9.63 Å². The van der Waals surface area contributed by atoms with Gasteiger partial charge in [-0.1, -0.05) is 30.3 Å². The van der Waals surface area contributed by atoms with Crippen molar-refractivity contribution in [3.8, 4) is 0 Å². The van der Waals surface area contributed by atoms with Gasteiger partial charge < -0.3 is 0 Å². The van der Waals surface area contributed by atoms with E-state index < -0.39 is 0 Å². The summed E-state index contributed by atoms with van der Waals surface area (Å²) in [5.41, 5.74) is 5.10. The van der Waals surface area contributed by atoms with Crippen molar-refractivity contribution in [2.75, 3.05) is 0 Å². The van der Waals surface area contributed by atoms with Gasteiger partial charge in [0.15, 0.2) is 5.65 Å². The predicted molar refractivity (Wildman–Crippen MR) is 76.4 cm³/mol. The topological polar surface area (TPSA) is 68.5 Å². The number of hydroxylamine groups is 1. The van der Waals surface area contributed by atoms with Gasteiger partial charge in [0.1, 0.15) is 5.56 Å². The first-order chi connectivity index (χ1) is 10.2. The maximum Gasteiger partial charge on any atom is 0.280 e. The second kappa shape index (κ2) is 5.72. The summed E-state index contributed by atoms with van der Waals surface area (Å²) in [6.45, 7) is 2.17. The number of carbonyl (C=O) groups is 1. The van der Waals surface area contributed by atoms with Gasteiger partial charge in [-0.05, 0) is 18.6 Å². The molecule has 0 aliphatic heterocycles. The molecule has 3 rings (SSSR count). The van der Waals surface area contributed by atoms with Gasteiger partial charge in [0, 0.05) is 11.9 Å². The van der Waals surface area contributed by atoms with Gasteiger partial charge in [-0.25, -0.2) is 15.0 Å². The third-order valence-electron chi connectivity index (χ3n) is 3.00. The highest BCUT2D eigenvalue weighted by atomic mass is 16.6. The minimum atomic E-state index is -0.362. The Kier molecular flexibility index (Phi) is 3.61. The first-order valence-electron chi connectivity index (χ1n) is 6.51. The minimum Gasteiger partial charge on any atom is -0.269 e. The summed E-state index contributed by atoms with van der Waals surface area (Å²) >= 11 is 0. The summed E-state index contributed by atoms with van der Waals surface area (Å²) in [5.74, 6) is -0.362. The Morgan fingerprint density at radius 2 is 2.10 bits per heavy atom. The van der Waals surface area contributed by atoms with Crippen LogP contribution in [0.15, 0.2) is 48.8 Å². The first-order valence-corrected chi connectivity index (χ1v) is 6.51. The lowest BCUT2D eigenvalue weighted by Crippen LogP contribution is -2.23. The van der Waals surface area contributed by atoms with Crippen molar-refractivity contribution >= 4 is 11.6 Å². The molecule has 0 unspecified atom stereocenters. The zero-order chi connectivity index (χ0) is 14.7. The maximum absolute atomic E-state index is 12.1. The van der Waals surface area contributed by atoms with Crippen LogP contribution in [0, 0.1) is 6.92 Å². The summed E-state index contributed by atoms with van der Waals surface area (Å²) in [4.78, 5) is 21.6. The van der Waals surface area contributed by atoms with E-state index >= 15 is 0 Å². The Labute approximate surface area is 121 Å². The summed E-state index contributed by atoms with van der Waals surface area (Å²) in [6.07, 6.45) is 3.24. The average Bonchev–Trinajstić information content (AvgIpc) is 2.91. The molecule has 1 aromatic carbocycles. The molecule has 0 fully saturated rings. The van der Waals surface area contributed by atoms with Gasteiger partial charge in [0.05, 0.1) is 12.8 Å². The van der Waals surface area contributed by atoms with E-state index in [9.17, 15) is 4.79 Å². The molecule has 0 bridgehead atoms. The number of fused-ring (bicyclic) bond motifs is 1. The molecule has 2 heterocycles. The minimum absolute atomic E-state index is 0.304. The molecular formula is C15H14N4O2. The molecule has 6 heteroatoms. The van der Waals surface area contributed by atoms with Gasteiger partial charge in [-0.2, -0.15) is 5.10 Å². The molecule has 1 N–H and O–H groups in total. The fourth-order valence-corrected chi connectivity index (χ4v) is 1.93. The molecule has 1 amide bonds. The lowest BCUT2D eigenvalue weighted by molar-refractivity contribution is 0.0235. The van der Waals surface area contributed by atoms with Crippen LogP contribution >= 0.6 is 0 Å². The number of aryl methyl sites for hydroxylation is 1. The first kappa shape index (κ1) is 13.3. The molecule has 2 aromatic heterocycles. The molecule has 0 saturated heterocycles. The number of hydrogen-bond donors (Lipinski definition) is 1. The number of rotatable bonds is 4. The SMILES string of the molecule is Cc1ccn2ncc(C(=O)NOCc3ccccc3)c2n1. The van der Waals surface area contributed by atoms with Gasteiger partial charge in [-0.15, -0.1) is 0 Å². The standard InChI is InChI=1S/C15H14N4O2/c1-11-7-8-19-14(17-11)13(9-16-19)15(20)18-21-10-12-5-3-2-4-6-12/h2-9H,10H2,1H3,(H,18,20). The van der Waals surface area contributed by atoms with E-state index in [1.165, 1.54) is 6.20 Å². The zero-order valence-electron chi connectivity index (χ0n) is 11.5. The second-order valence-electron chi connectivity index (χ2n) is 4.60. The molecule has 0 aliphatic rings. The highest BCUT2D eigenvalue weighted by molar-refractivity contribution is 5.98. The summed E-state index contributed by atoms with van der Waals surface area (Å²) < 4.78 is 1.55. The van der Waals surface area contributed by atoms with Crippen molar-refractivity contribution in [2.45, 2.75) is 13.5 Å². The van der Waals surface area contributed by atoms with E-state index in [4.69, 9.17) is 4.84 Å². The largest absolute Gasteiger partial charge is 0.280 e. The van der Waals surface area contributed by atoms with Crippen LogP contribution in [0.5, 0.6) is 0 Å². The van der Waals surface area contributed by atoms with Crippen LogP contribution in [0.4, 0.5) is 0 Å². The fourth-order valence-electron chi connectivity index (χ4n) is 1.93. The molecule has 0 spiro atoms. The number of hydrogen-bond acceptors (Lipinski definition) is 4. The van der Waals surface area contributed by atoms with Gasteiger partial charge in [0.25, 0.3) is 5.91 Å². The molecule has 0 saturated carbocycles. The fraction of sp³-hybridized carbons (Fsp3) is 0.133. The number of amides is 1. The Balaban J connectivity index is 1.68. The van der Waals surface area contributed by atoms with Crippen molar-refractivity contribution in [1.29, 1.82) is 0 Å². The third-order valence-corrected chi connectivity index (χ3v) is 3.00. The Morgan fingerprint density at radius 1 is 1.29 bits per heavy atom. The molecule has 106 valence electrons. The van der Waals surface area contributed by atoms with Gasteiger partial charge in [0.2, 0.25) is 0 Å². The molecular weight excluding hydrogens is 268 g/mol. The quantitative estimate of drug-likeness (QED) is 0.742. The van der Waals surface area contributed by atoms with Crippen LogP contribution in [0.2, 0.25) is 0 Å². The van der Waals surface area contributed by atoms with Crippen LogP contribution in [-0.2, 0) is 11.4 Å². The van der Waals surface area contributed by atoms with Crippen molar-refractivity contribution in [3.05, 3.63) is 65.6 Å². The molecule has 0 atom stereocenters. The Morgan fingerprint density at radius 3 is 2.90 bits per heavy atom. The van der Waals surface area contributed by atoms with Crippen LogP contribution in [-0.4, -0.2) is 20.5 Å². The molecule has 3 aromatic rings. The number of aromatic nitrogens is 3. The average molecular weight is 282 g/mol. The number of benzene rings is 1. The highest BCUT2D eigenvalue weighted by Gasteiger charge is 2.14. The predicted octanol–water partition coefficient (Wildman–Crippen LogP) is 1.90. The number of carbonyl (C=O) groups excluding carboxylic acids is 1. The molecule has 0 aliphatic carbocycles.